The number of hydrogen-bond donors (Lipinski definition) is 0. The molecular weight excluding hydrogens is 913 g/mol. The van der Waals surface area contributed by atoms with Gasteiger partial charge in [0.15, 0.2) is 6.10 Å². The minimum absolute atomic E-state index is 0.0763. The minimum Gasteiger partial charge on any atom is -0.462 e. The lowest BCUT2D eigenvalue weighted by atomic mass is 10.0. The summed E-state index contributed by atoms with van der Waals surface area (Å²) in [5.41, 5.74) is 0. The van der Waals surface area contributed by atoms with Gasteiger partial charge < -0.3 is 14.2 Å². The van der Waals surface area contributed by atoms with E-state index < -0.39 is 6.10 Å². The molecule has 0 fully saturated rings. The molecule has 6 heteroatoms. The predicted octanol–water partition coefficient (Wildman–Crippen LogP) is 22.2. The van der Waals surface area contributed by atoms with Crippen LogP contribution in [0.5, 0.6) is 0 Å². The van der Waals surface area contributed by atoms with Crippen LogP contribution in [0.4, 0.5) is 0 Å². The monoisotopic (exact) mass is 1040 g/mol. The first-order valence-electron chi connectivity index (χ1n) is 32.6. The van der Waals surface area contributed by atoms with E-state index in [0.717, 1.165) is 89.9 Å². The Labute approximate surface area is 460 Å². The number of unbranched alkanes of at least 4 members (excludes halogenated alkanes) is 41. The van der Waals surface area contributed by atoms with Crippen LogP contribution in [0, 0.1) is 0 Å². The molecule has 6 nitrogen and oxygen atoms in total. The van der Waals surface area contributed by atoms with E-state index in [0.29, 0.717) is 19.3 Å². The molecule has 0 aromatic heterocycles. The van der Waals surface area contributed by atoms with Gasteiger partial charge in [0.2, 0.25) is 0 Å². The zero-order chi connectivity index (χ0) is 53.6. The Hall–Kier alpha value is -2.63. The molecule has 74 heavy (non-hydrogen) atoms. The van der Waals surface area contributed by atoms with Crippen molar-refractivity contribution in [2.75, 3.05) is 13.2 Å². The third-order valence-electron chi connectivity index (χ3n) is 14.6. The normalized spacial score (nSPS) is 12.3. The molecule has 0 aliphatic carbocycles. The smallest absolute Gasteiger partial charge is 0.306 e. The van der Waals surface area contributed by atoms with Crippen molar-refractivity contribution < 1.29 is 28.6 Å². The van der Waals surface area contributed by atoms with Gasteiger partial charge >= 0.3 is 17.9 Å². The maximum atomic E-state index is 12.9. The molecule has 0 rings (SSSR count). The molecule has 0 radical (unpaired) electrons. The van der Waals surface area contributed by atoms with Gasteiger partial charge in [-0.3, -0.25) is 14.4 Å². The maximum absolute atomic E-state index is 12.9. The van der Waals surface area contributed by atoms with Crippen LogP contribution in [0.3, 0.4) is 0 Å². The summed E-state index contributed by atoms with van der Waals surface area (Å²) >= 11 is 0. The summed E-state index contributed by atoms with van der Waals surface area (Å²) in [7, 11) is 0. The van der Waals surface area contributed by atoms with Crippen LogP contribution < -0.4 is 0 Å². The predicted molar refractivity (Wildman–Crippen MR) is 321 cm³/mol. The molecule has 0 spiro atoms. The van der Waals surface area contributed by atoms with Crippen molar-refractivity contribution in [3.8, 4) is 0 Å². The lowest BCUT2D eigenvalue weighted by molar-refractivity contribution is -0.167. The van der Waals surface area contributed by atoms with Crippen LogP contribution in [0.15, 0.2) is 48.6 Å². The molecule has 0 bridgehead atoms. The van der Waals surface area contributed by atoms with Gasteiger partial charge in [-0.25, -0.2) is 0 Å². The Kier molecular flexibility index (Phi) is 60.7. The molecule has 0 heterocycles. The van der Waals surface area contributed by atoms with Crippen LogP contribution >= 0.6 is 0 Å². The maximum Gasteiger partial charge on any atom is 0.306 e. The van der Waals surface area contributed by atoms with E-state index >= 15 is 0 Å². The van der Waals surface area contributed by atoms with Gasteiger partial charge in [-0.05, 0) is 77.0 Å². The van der Waals surface area contributed by atoms with E-state index in [4.69, 9.17) is 14.2 Å². The average molecular weight is 1040 g/mol. The summed E-state index contributed by atoms with van der Waals surface area (Å²) in [6, 6.07) is 0. The molecule has 0 saturated heterocycles. The van der Waals surface area contributed by atoms with Crippen LogP contribution in [0.25, 0.3) is 0 Å². The molecule has 1 atom stereocenters. The zero-order valence-corrected chi connectivity index (χ0v) is 49.6. The van der Waals surface area contributed by atoms with E-state index in [2.05, 4.69) is 69.4 Å². The Bertz CT molecular complexity index is 1280. The third kappa shape index (κ3) is 60.2. The number of esters is 3. The number of carbonyl (C=O) groups is 3. The number of ether oxygens (including phenoxy) is 3. The lowest BCUT2D eigenvalue weighted by Crippen LogP contribution is -2.30. The van der Waals surface area contributed by atoms with Gasteiger partial charge in [-0.2, -0.15) is 0 Å². The molecule has 0 aromatic carbocycles. The van der Waals surface area contributed by atoms with Crippen LogP contribution in [-0.4, -0.2) is 37.2 Å². The quantitative estimate of drug-likeness (QED) is 0.0261. The number of rotatable bonds is 60. The van der Waals surface area contributed by atoms with E-state index in [1.165, 1.54) is 218 Å². The van der Waals surface area contributed by atoms with Crippen LogP contribution in [-0.2, 0) is 28.6 Å². The van der Waals surface area contributed by atoms with Crippen molar-refractivity contribution >= 4 is 17.9 Å². The first-order valence-corrected chi connectivity index (χ1v) is 32.6. The Morgan fingerprint density at radius 1 is 0.284 bits per heavy atom. The average Bonchev–Trinajstić information content (AvgIpc) is 3.40. The molecule has 0 amide bonds. The molecule has 0 aliphatic heterocycles. The van der Waals surface area contributed by atoms with Crippen molar-refractivity contribution in [2.24, 2.45) is 0 Å². The molecule has 1 unspecified atom stereocenters. The van der Waals surface area contributed by atoms with Crippen molar-refractivity contribution in [1.29, 1.82) is 0 Å². The number of allylic oxidation sites excluding steroid dienone is 8. The molecule has 0 N–H and O–H groups in total. The van der Waals surface area contributed by atoms with E-state index in [-0.39, 0.29) is 31.1 Å². The first-order chi connectivity index (χ1) is 36.5. The minimum atomic E-state index is -0.781. The fraction of sp³-hybridized carbons (Fsp3) is 0.838. The van der Waals surface area contributed by atoms with Gasteiger partial charge in [0.05, 0.1) is 0 Å². The standard InChI is InChI=1S/C68H124O6/c1-4-7-10-13-16-19-22-25-28-30-31-32-33-34-35-36-37-39-40-43-46-49-52-55-58-61-67(70)73-64-65(63-72-66(69)60-57-54-51-48-45-42-27-24-21-18-15-12-9-6-3)74-68(71)62-59-56-53-50-47-44-41-38-29-26-23-20-17-14-11-8-5-2/h8,11,17,20,24,26-27,29,65H,4-7,9-10,12-16,18-19,21-23,25,28,30-64H2,1-3H3/b11-8-,20-17-,27-24-,29-26-. The van der Waals surface area contributed by atoms with Gasteiger partial charge in [-0.15, -0.1) is 0 Å². The van der Waals surface area contributed by atoms with E-state index in [1.807, 2.05) is 0 Å². The fourth-order valence-corrected chi connectivity index (χ4v) is 9.69. The highest BCUT2D eigenvalue weighted by molar-refractivity contribution is 5.71. The number of carbonyl (C=O) groups excluding carboxylic acids is 3. The topological polar surface area (TPSA) is 78.9 Å². The fourth-order valence-electron chi connectivity index (χ4n) is 9.69. The second-order valence-corrected chi connectivity index (χ2v) is 22.0. The number of hydrogen-bond acceptors (Lipinski definition) is 6. The van der Waals surface area contributed by atoms with Crippen molar-refractivity contribution in [3.05, 3.63) is 48.6 Å². The van der Waals surface area contributed by atoms with Crippen LogP contribution in [0.2, 0.25) is 0 Å². The summed E-state index contributed by atoms with van der Waals surface area (Å²) in [5.74, 6) is -0.874. The summed E-state index contributed by atoms with van der Waals surface area (Å²) in [6.45, 7) is 6.56. The highest BCUT2D eigenvalue weighted by Gasteiger charge is 2.19. The third-order valence-corrected chi connectivity index (χ3v) is 14.6. The van der Waals surface area contributed by atoms with Crippen LogP contribution in [0.1, 0.15) is 348 Å². The SMILES string of the molecule is CC/C=C\C/C=C\C/C=C\CCCCCCCCCC(=O)OC(COC(=O)CCCCCCC/C=C\CCCCCCC)COC(=O)CCCCCCCCCCCCCCCCCCCCCCCCCCC. The molecular formula is C68H124O6. The Morgan fingerprint density at radius 3 is 0.838 bits per heavy atom. The molecule has 0 aliphatic rings. The van der Waals surface area contributed by atoms with Gasteiger partial charge in [0.25, 0.3) is 0 Å². The summed E-state index contributed by atoms with van der Waals surface area (Å²) in [4.78, 5) is 38.3. The summed E-state index contributed by atoms with van der Waals surface area (Å²) in [6.07, 6.45) is 78.4. The lowest BCUT2D eigenvalue weighted by Gasteiger charge is -2.18. The highest BCUT2D eigenvalue weighted by Crippen LogP contribution is 2.18. The summed E-state index contributed by atoms with van der Waals surface area (Å²) < 4.78 is 16.9. The second kappa shape index (κ2) is 62.9. The highest BCUT2D eigenvalue weighted by atomic mass is 16.6. The molecule has 432 valence electrons. The largest absolute Gasteiger partial charge is 0.462 e. The molecule has 0 aromatic rings. The van der Waals surface area contributed by atoms with Crippen molar-refractivity contribution in [1.82, 2.24) is 0 Å². The van der Waals surface area contributed by atoms with Crippen molar-refractivity contribution in [3.63, 3.8) is 0 Å². The Balaban J connectivity index is 4.26. The first kappa shape index (κ1) is 71.4. The Morgan fingerprint density at radius 2 is 0.527 bits per heavy atom. The zero-order valence-electron chi connectivity index (χ0n) is 49.6. The van der Waals surface area contributed by atoms with Gasteiger partial charge in [-0.1, -0.05) is 301 Å². The van der Waals surface area contributed by atoms with E-state index in [9.17, 15) is 14.4 Å². The van der Waals surface area contributed by atoms with Gasteiger partial charge in [0, 0.05) is 19.3 Å². The van der Waals surface area contributed by atoms with Crippen molar-refractivity contribution in [2.45, 2.75) is 354 Å². The summed E-state index contributed by atoms with van der Waals surface area (Å²) in [5, 5.41) is 0. The van der Waals surface area contributed by atoms with E-state index in [1.54, 1.807) is 0 Å². The van der Waals surface area contributed by atoms with Gasteiger partial charge in [0.1, 0.15) is 13.2 Å². The second-order valence-electron chi connectivity index (χ2n) is 22.0. The molecule has 0 saturated carbocycles.